The molecule has 6 heteroatoms. The summed E-state index contributed by atoms with van der Waals surface area (Å²) in [5.74, 6) is 0.858. The highest BCUT2D eigenvalue weighted by molar-refractivity contribution is 7.61. The van der Waals surface area contributed by atoms with Crippen LogP contribution >= 0.6 is 8.09 Å². The average Bonchev–Trinajstić information content (AvgIpc) is 2.63. The van der Waals surface area contributed by atoms with Gasteiger partial charge in [-0.2, -0.15) is 0 Å². The van der Waals surface area contributed by atoms with Crippen molar-refractivity contribution in [3.05, 3.63) is 24.3 Å². The second kappa shape index (κ2) is 2.87. The zero-order valence-electron chi connectivity index (χ0n) is 8.89. The van der Waals surface area contributed by atoms with E-state index in [1.807, 2.05) is 12.1 Å². The molecule has 2 heterocycles. The molecule has 0 bridgehead atoms. The summed E-state index contributed by atoms with van der Waals surface area (Å²) in [5.41, 5.74) is -0.768. The summed E-state index contributed by atoms with van der Waals surface area (Å²) in [4.78, 5) is 11.6. The van der Waals surface area contributed by atoms with Crippen molar-refractivity contribution in [1.82, 2.24) is 5.09 Å². The SMILES string of the molecule is CC1(C)N[P+]2(OC1=O)Oc1ccccc1O2. The quantitative estimate of drug-likeness (QED) is 0.703. The Morgan fingerprint density at radius 1 is 1.12 bits per heavy atom. The number of benzene rings is 1. The molecular formula is C10H11NO4P+. The summed E-state index contributed by atoms with van der Waals surface area (Å²) in [7, 11) is -2.76. The van der Waals surface area contributed by atoms with Crippen molar-refractivity contribution in [3.63, 3.8) is 0 Å². The van der Waals surface area contributed by atoms with Gasteiger partial charge in [-0.3, -0.25) is 9.05 Å². The van der Waals surface area contributed by atoms with Gasteiger partial charge in [-0.05, 0) is 26.0 Å². The third kappa shape index (κ3) is 1.29. The zero-order chi connectivity index (χ0) is 11.4. The molecule has 2 aliphatic heterocycles. The lowest BCUT2D eigenvalue weighted by atomic mass is 10.1. The lowest BCUT2D eigenvalue weighted by Crippen LogP contribution is -2.38. The Bertz CT molecular complexity index is 449. The van der Waals surface area contributed by atoms with Crippen molar-refractivity contribution < 1.29 is 18.4 Å². The molecule has 0 atom stereocenters. The average molecular weight is 240 g/mol. The minimum Gasteiger partial charge on any atom is -0.253 e. The molecule has 0 aromatic heterocycles. The molecule has 16 heavy (non-hydrogen) atoms. The monoisotopic (exact) mass is 240 g/mol. The van der Waals surface area contributed by atoms with Crippen molar-refractivity contribution in [2.45, 2.75) is 19.4 Å². The fourth-order valence-corrected chi connectivity index (χ4v) is 3.89. The van der Waals surface area contributed by atoms with E-state index in [0.717, 1.165) is 0 Å². The number of hydrogen-bond acceptors (Lipinski definition) is 5. The summed E-state index contributed by atoms with van der Waals surface area (Å²) >= 11 is 0. The third-order valence-corrected chi connectivity index (χ3v) is 4.53. The first-order chi connectivity index (χ1) is 7.51. The van der Waals surface area contributed by atoms with Crippen LogP contribution in [0.4, 0.5) is 0 Å². The first-order valence-corrected chi connectivity index (χ1v) is 6.46. The molecule has 0 aliphatic carbocycles. The first kappa shape index (κ1) is 9.87. The summed E-state index contributed by atoms with van der Waals surface area (Å²) in [6.07, 6.45) is 0. The van der Waals surface area contributed by atoms with Gasteiger partial charge in [0.1, 0.15) is 0 Å². The smallest absolute Gasteiger partial charge is 0.253 e. The third-order valence-electron chi connectivity index (χ3n) is 2.42. The number of para-hydroxylation sites is 2. The van der Waals surface area contributed by atoms with Crippen LogP contribution in [0.1, 0.15) is 13.8 Å². The van der Waals surface area contributed by atoms with Gasteiger partial charge in [0, 0.05) is 0 Å². The molecule has 3 rings (SSSR count). The van der Waals surface area contributed by atoms with Gasteiger partial charge in [-0.1, -0.05) is 17.2 Å². The maximum Gasteiger partial charge on any atom is 0.643 e. The van der Waals surface area contributed by atoms with E-state index in [1.165, 1.54) is 0 Å². The summed E-state index contributed by atoms with van der Waals surface area (Å²) in [6, 6.07) is 7.25. The topological polar surface area (TPSA) is 56.8 Å². The van der Waals surface area contributed by atoms with Gasteiger partial charge in [0.2, 0.25) is 11.5 Å². The minimum atomic E-state index is -2.76. The van der Waals surface area contributed by atoms with Crippen LogP contribution in [0, 0.1) is 0 Å². The van der Waals surface area contributed by atoms with Crippen molar-refractivity contribution in [2.24, 2.45) is 0 Å². The normalized spacial score (nSPS) is 23.5. The predicted octanol–water partition coefficient (Wildman–Crippen LogP) is 2.06. The molecule has 1 aromatic rings. The molecule has 1 aromatic carbocycles. The van der Waals surface area contributed by atoms with Gasteiger partial charge in [-0.25, -0.2) is 9.32 Å². The van der Waals surface area contributed by atoms with Gasteiger partial charge in [0.15, 0.2) is 5.54 Å². The second-order valence-corrected chi connectivity index (χ2v) is 6.01. The van der Waals surface area contributed by atoms with Crippen LogP contribution < -0.4 is 14.1 Å². The van der Waals surface area contributed by atoms with Crippen LogP contribution in [0.5, 0.6) is 11.5 Å². The Labute approximate surface area is 93.3 Å². The predicted molar refractivity (Wildman–Crippen MR) is 57.9 cm³/mol. The molecule has 5 nitrogen and oxygen atoms in total. The summed E-state index contributed by atoms with van der Waals surface area (Å²) in [6.45, 7) is 3.47. The van der Waals surface area contributed by atoms with E-state index in [4.69, 9.17) is 13.6 Å². The number of carbonyl (C=O) groups excluding carboxylic acids is 1. The zero-order valence-corrected chi connectivity index (χ0v) is 9.78. The van der Waals surface area contributed by atoms with Gasteiger partial charge >= 0.3 is 14.1 Å². The highest BCUT2D eigenvalue weighted by Crippen LogP contribution is 2.68. The summed E-state index contributed by atoms with van der Waals surface area (Å²) in [5, 5.41) is 3.00. The lowest BCUT2D eigenvalue weighted by Gasteiger charge is -2.09. The number of fused-ring (bicyclic) bond motifs is 1. The largest absolute Gasteiger partial charge is 0.643 e. The van der Waals surface area contributed by atoms with E-state index < -0.39 is 13.6 Å². The molecule has 0 amide bonds. The highest BCUT2D eigenvalue weighted by Gasteiger charge is 2.69. The van der Waals surface area contributed by atoms with Gasteiger partial charge in [-0.15, -0.1) is 0 Å². The van der Waals surface area contributed by atoms with Gasteiger partial charge in [0.25, 0.3) is 0 Å². The van der Waals surface area contributed by atoms with Crippen LogP contribution in [0.2, 0.25) is 0 Å². The van der Waals surface area contributed by atoms with E-state index in [-0.39, 0.29) is 5.97 Å². The van der Waals surface area contributed by atoms with E-state index in [0.29, 0.717) is 11.5 Å². The van der Waals surface area contributed by atoms with E-state index in [2.05, 4.69) is 5.09 Å². The second-order valence-electron chi connectivity index (χ2n) is 4.24. The fraction of sp³-hybridized carbons (Fsp3) is 0.300. The minimum absolute atomic E-state index is 0.353. The number of nitrogens with one attached hydrogen (secondary N) is 1. The molecule has 1 spiro atoms. The Morgan fingerprint density at radius 2 is 1.69 bits per heavy atom. The Balaban J connectivity index is 1.94. The molecular weight excluding hydrogens is 229 g/mol. The summed E-state index contributed by atoms with van der Waals surface area (Å²) < 4.78 is 16.4. The molecule has 1 fully saturated rings. The Kier molecular flexibility index (Phi) is 1.77. The molecule has 2 aliphatic rings. The lowest BCUT2D eigenvalue weighted by molar-refractivity contribution is -0.137. The maximum atomic E-state index is 11.6. The first-order valence-electron chi connectivity index (χ1n) is 4.92. The standard InChI is InChI=1S/C10H11NO4P/c1-10(2)9(12)15-16(11-10)13-7-5-3-4-6-8(7)14-16/h3-6,11H,1-2H3/q+1. The van der Waals surface area contributed by atoms with Crippen LogP contribution in [-0.4, -0.2) is 11.5 Å². The Hall–Kier alpha value is -1.32. The molecule has 1 saturated heterocycles. The number of carbonyl (C=O) groups is 1. The Morgan fingerprint density at radius 3 is 2.12 bits per heavy atom. The number of hydrogen-bond donors (Lipinski definition) is 1. The molecule has 1 N–H and O–H groups in total. The molecule has 0 saturated carbocycles. The van der Waals surface area contributed by atoms with Crippen molar-refractivity contribution in [2.75, 3.05) is 0 Å². The van der Waals surface area contributed by atoms with Gasteiger partial charge in [0.05, 0.1) is 0 Å². The maximum absolute atomic E-state index is 11.6. The molecule has 0 unspecified atom stereocenters. The van der Waals surface area contributed by atoms with Crippen molar-refractivity contribution in [1.29, 1.82) is 0 Å². The van der Waals surface area contributed by atoms with Crippen LogP contribution in [0.3, 0.4) is 0 Å². The molecule has 0 radical (unpaired) electrons. The molecule has 84 valence electrons. The van der Waals surface area contributed by atoms with E-state index in [9.17, 15) is 4.79 Å². The van der Waals surface area contributed by atoms with E-state index >= 15 is 0 Å². The fourth-order valence-electron chi connectivity index (χ4n) is 1.60. The van der Waals surface area contributed by atoms with E-state index in [1.54, 1.807) is 26.0 Å². The highest BCUT2D eigenvalue weighted by atomic mass is 31.2. The van der Waals surface area contributed by atoms with Crippen LogP contribution in [-0.2, 0) is 9.32 Å². The van der Waals surface area contributed by atoms with Gasteiger partial charge < -0.3 is 0 Å². The van der Waals surface area contributed by atoms with Crippen LogP contribution in [0.25, 0.3) is 0 Å². The van der Waals surface area contributed by atoms with Crippen molar-refractivity contribution >= 4 is 14.1 Å². The van der Waals surface area contributed by atoms with Crippen molar-refractivity contribution in [3.8, 4) is 11.5 Å². The van der Waals surface area contributed by atoms with Crippen LogP contribution in [0.15, 0.2) is 24.3 Å². The number of rotatable bonds is 0.